The van der Waals surface area contributed by atoms with Gasteiger partial charge in [-0.25, -0.2) is 0 Å². The molecule has 0 aromatic heterocycles. The quantitative estimate of drug-likeness (QED) is 0.785. The van der Waals surface area contributed by atoms with Crippen molar-refractivity contribution in [2.45, 2.75) is 32.9 Å². The van der Waals surface area contributed by atoms with E-state index in [1.165, 1.54) is 11.1 Å². The Morgan fingerprint density at radius 3 is 2.25 bits per heavy atom. The molecule has 4 nitrogen and oxygen atoms in total. The molecule has 0 spiro atoms. The summed E-state index contributed by atoms with van der Waals surface area (Å²) in [6.07, 6.45) is 1.04. The summed E-state index contributed by atoms with van der Waals surface area (Å²) in [7, 11) is -2.76. The molecule has 1 aromatic carbocycles. The van der Waals surface area contributed by atoms with E-state index in [-0.39, 0.29) is 5.67 Å². The summed E-state index contributed by atoms with van der Waals surface area (Å²) in [5.41, 5.74) is 2.67. The van der Waals surface area contributed by atoms with Crippen molar-refractivity contribution < 1.29 is 13.3 Å². The summed E-state index contributed by atoms with van der Waals surface area (Å²) >= 11 is 0. The zero-order valence-electron chi connectivity index (χ0n) is 12.6. The van der Waals surface area contributed by atoms with Crippen LogP contribution in [-0.4, -0.2) is 35.2 Å². The van der Waals surface area contributed by atoms with Gasteiger partial charge in [0.05, 0.1) is 0 Å². The van der Waals surface area contributed by atoms with Crippen LogP contribution in [0.15, 0.2) is 24.3 Å². The maximum absolute atomic E-state index is 6.04. The van der Waals surface area contributed by atoms with Crippen LogP contribution in [0.3, 0.4) is 0 Å². The average molecular weight is 295 g/mol. The first kappa shape index (κ1) is 15.7. The van der Waals surface area contributed by atoms with Gasteiger partial charge in [0.15, 0.2) is 0 Å². The number of benzene rings is 1. The molecule has 0 fully saturated rings. The van der Waals surface area contributed by atoms with Gasteiger partial charge < -0.3 is 18.6 Å². The van der Waals surface area contributed by atoms with Crippen molar-refractivity contribution in [2.75, 3.05) is 26.4 Å². The van der Waals surface area contributed by atoms with Crippen LogP contribution in [0.1, 0.15) is 37.6 Å². The van der Waals surface area contributed by atoms with Crippen molar-refractivity contribution in [3.05, 3.63) is 35.4 Å². The third kappa shape index (κ3) is 3.12. The maximum Gasteiger partial charge on any atom is 0.523 e. The molecule has 1 heterocycles. The third-order valence-corrected chi connectivity index (χ3v) is 6.79. The highest BCUT2D eigenvalue weighted by Gasteiger charge is 2.51. The SMILES string of the molecule is CCO[Si](OCC)(OCC)C1NCCc2ccccc21. The summed E-state index contributed by atoms with van der Waals surface area (Å²) in [4.78, 5) is 0. The molecule has 0 saturated heterocycles. The van der Waals surface area contributed by atoms with Crippen LogP contribution >= 0.6 is 0 Å². The molecular formula is C15H25NO3Si. The van der Waals surface area contributed by atoms with Crippen molar-refractivity contribution in [3.63, 3.8) is 0 Å². The van der Waals surface area contributed by atoms with Gasteiger partial charge in [-0.3, -0.25) is 0 Å². The Morgan fingerprint density at radius 2 is 1.65 bits per heavy atom. The van der Waals surface area contributed by atoms with Gasteiger partial charge in [-0.1, -0.05) is 24.3 Å². The Balaban J connectivity index is 2.38. The van der Waals surface area contributed by atoms with Crippen molar-refractivity contribution in [2.24, 2.45) is 0 Å². The van der Waals surface area contributed by atoms with Crippen LogP contribution in [0, 0.1) is 0 Å². The molecule has 20 heavy (non-hydrogen) atoms. The lowest BCUT2D eigenvalue weighted by molar-refractivity contribution is 0.0569. The maximum atomic E-state index is 6.04. The molecule has 1 aliphatic rings. The predicted molar refractivity (Wildman–Crippen MR) is 81.5 cm³/mol. The lowest BCUT2D eigenvalue weighted by Crippen LogP contribution is -2.58. The van der Waals surface area contributed by atoms with Gasteiger partial charge in [-0.2, -0.15) is 0 Å². The van der Waals surface area contributed by atoms with E-state index >= 15 is 0 Å². The number of hydrogen-bond acceptors (Lipinski definition) is 4. The van der Waals surface area contributed by atoms with Gasteiger partial charge in [0, 0.05) is 19.8 Å². The monoisotopic (exact) mass is 295 g/mol. The fourth-order valence-corrected chi connectivity index (χ4v) is 5.81. The molecule has 2 rings (SSSR count). The minimum absolute atomic E-state index is 0.0345. The van der Waals surface area contributed by atoms with Crippen LogP contribution in [0.5, 0.6) is 0 Å². The molecule has 1 unspecified atom stereocenters. The number of hydrogen-bond donors (Lipinski definition) is 1. The first-order valence-corrected chi connectivity index (χ1v) is 9.30. The fourth-order valence-electron chi connectivity index (χ4n) is 2.80. The molecule has 1 atom stereocenters. The molecule has 1 N–H and O–H groups in total. The van der Waals surface area contributed by atoms with Crippen molar-refractivity contribution in [3.8, 4) is 0 Å². The van der Waals surface area contributed by atoms with Gasteiger partial charge in [0.2, 0.25) is 0 Å². The third-order valence-electron chi connectivity index (χ3n) is 3.50. The topological polar surface area (TPSA) is 39.7 Å². The largest absolute Gasteiger partial charge is 0.523 e. The molecule has 112 valence electrons. The van der Waals surface area contributed by atoms with Crippen LogP contribution in [0.25, 0.3) is 0 Å². The summed E-state index contributed by atoms with van der Waals surface area (Å²) in [6, 6.07) is 8.51. The average Bonchev–Trinajstić information content (AvgIpc) is 2.47. The van der Waals surface area contributed by atoms with E-state index in [4.69, 9.17) is 13.3 Å². The van der Waals surface area contributed by atoms with E-state index < -0.39 is 8.80 Å². The Hall–Kier alpha value is -0.723. The first-order valence-electron chi connectivity index (χ1n) is 7.50. The second kappa shape index (κ2) is 7.33. The molecular weight excluding hydrogens is 270 g/mol. The molecule has 0 bridgehead atoms. The van der Waals surface area contributed by atoms with E-state index in [9.17, 15) is 0 Å². The van der Waals surface area contributed by atoms with E-state index in [1.807, 2.05) is 20.8 Å². The van der Waals surface area contributed by atoms with E-state index in [0.29, 0.717) is 19.8 Å². The number of rotatable bonds is 7. The lowest BCUT2D eigenvalue weighted by atomic mass is 10.0. The lowest BCUT2D eigenvalue weighted by Gasteiger charge is -2.38. The fraction of sp³-hybridized carbons (Fsp3) is 0.600. The highest BCUT2D eigenvalue weighted by molar-refractivity contribution is 6.62. The first-order chi connectivity index (χ1) is 9.77. The molecule has 0 amide bonds. The Kier molecular flexibility index (Phi) is 5.74. The Bertz CT molecular complexity index is 410. The van der Waals surface area contributed by atoms with Crippen LogP contribution < -0.4 is 5.32 Å². The Labute approximate surface area is 122 Å². The van der Waals surface area contributed by atoms with Crippen LogP contribution in [0.4, 0.5) is 0 Å². The van der Waals surface area contributed by atoms with Gasteiger partial charge in [-0.15, -0.1) is 0 Å². The molecule has 0 aliphatic carbocycles. The zero-order chi connectivity index (χ0) is 14.4. The minimum Gasteiger partial charge on any atom is -0.373 e. The van der Waals surface area contributed by atoms with E-state index in [0.717, 1.165) is 13.0 Å². The number of nitrogens with one attached hydrogen (secondary N) is 1. The summed E-state index contributed by atoms with van der Waals surface area (Å²) in [6.45, 7) is 8.73. The highest BCUT2D eigenvalue weighted by atomic mass is 28.4. The zero-order valence-corrected chi connectivity index (χ0v) is 13.6. The van der Waals surface area contributed by atoms with Crippen molar-refractivity contribution >= 4 is 8.80 Å². The summed E-state index contributed by atoms with van der Waals surface area (Å²) < 4.78 is 18.1. The van der Waals surface area contributed by atoms with Crippen molar-refractivity contribution in [1.82, 2.24) is 5.32 Å². The molecule has 0 saturated carbocycles. The summed E-state index contributed by atoms with van der Waals surface area (Å²) in [5, 5.41) is 3.56. The molecule has 1 aliphatic heterocycles. The molecule has 1 aromatic rings. The second-order valence-electron chi connectivity index (χ2n) is 4.74. The summed E-state index contributed by atoms with van der Waals surface area (Å²) in [5.74, 6) is 0. The smallest absolute Gasteiger partial charge is 0.373 e. The minimum atomic E-state index is -2.76. The van der Waals surface area contributed by atoms with Crippen LogP contribution in [0.2, 0.25) is 0 Å². The predicted octanol–water partition coefficient (Wildman–Crippen LogP) is 2.46. The van der Waals surface area contributed by atoms with Gasteiger partial charge in [0.25, 0.3) is 0 Å². The standard InChI is InChI=1S/C15H25NO3Si/c1-4-17-20(18-5-2,19-6-3)15-14-10-8-7-9-13(14)11-12-16-15/h7-10,15-16H,4-6,11-12H2,1-3H3. The Morgan fingerprint density at radius 1 is 1.05 bits per heavy atom. The van der Waals surface area contributed by atoms with Gasteiger partial charge in [-0.05, 0) is 44.9 Å². The number of fused-ring (bicyclic) bond motifs is 1. The molecule has 5 heteroatoms. The van der Waals surface area contributed by atoms with Gasteiger partial charge in [0.1, 0.15) is 5.67 Å². The van der Waals surface area contributed by atoms with E-state index in [1.54, 1.807) is 0 Å². The molecule has 0 radical (unpaired) electrons. The normalized spacial score (nSPS) is 18.9. The second-order valence-corrected chi connectivity index (χ2v) is 7.39. The van der Waals surface area contributed by atoms with Gasteiger partial charge >= 0.3 is 8.80 Å². The van der Waals surface area contributed by atoms with Crippen LogP contribution in [-0.2, 0) is 19.7 Å². The van der Waals surface area contributed by atoms with E-state index in [2.05, 4.69) is 29.6 Å². The highest BCUT2D eigenvalue weighted by Crippen LogP contribution is 2.32. The van der Waals surface area contributed by atoms with Crippen molar-refractivity contribution in [1.29, 1.82) is 0 Å².